The van der Waals surface area contributed by atoms with Crippen LogP contribution in [-0.2, 0) is 14.3 Å². The van der Waals surface area contributed by atoms with E-state index in [1.54, 1.807) is 11.0 Å². The number of hydrogen-bond donors (Lipinski definition) is 1. The summed E-state index contributed by atoms with van der Waals surface area (Å²) in [6.45, 7) is 12.2. The van der Waals surface area contributed by atoms with Crippen molar-refractivity contribution in [2.24, 2.45) is 5.92 Å². The minimum atomic E-state index is -0.435. The van der Waals surface area contributed by atoms with Crippen molar-refractivity contribution in [2.75, 3.05) is 26.3 Å². The monoisotopic (exact) mass is 378 g/mol. The van der Waals surface area contributed by atoms with Crippen LogP contribution in [0, 0.1) is 5.92 Å². The molecule has 1 N–H and O–H groups in total. The first kappa shape index (κ1) is 23.0. The number of ether oxygens (including phenoxy) is 2. The van der Waals surface area contributed by atoms with Gasteiger partial charge in [0, 0.05) is 25.6 Å². The van der Waals surface area contributed by atoms with Gasteiger partial charge in [-0.05, 0) is 31.3 Å². The van der Waals surface area contributed by atoms with Gasteiger partial charge in [0.15, 0.2) is 0 Å². The molecule has 1 heterocycles. The van der Waals surface area contributed by atoms with E-state index in [0.29, 0.717) is 45.1 Å². The van der Waals surface area contributed by atoms with Crippen molar-refractivity contribution in [3.8, 4) is 0 Å². The lowest BCUT2D eigenvalue weighted by molar-refractivity contribution is -0.118. The van der Waals surface area contributed by atoms with Gasteiger partial charge in [0.05, 0.1) is 13.2 Å². The zero-order valence-corrected chi connectivity index (χ0v) is 16.9. The Hall–Kier alpha value is -2.08. The molecule has 152 valence electrons. The molecule has 1 saturated heterocycles. The summed E-state index contributed by atoms with van der Waals surface area (Å²) in [7, 11) is 0. The van der Waals surface area contributed by atoms with E-state index in [0.717, 1.165) is 18.4 Å². The van der Waals surface area contributed by atoms with E-state index in [1.165, 1.54) is 0 Å². The van der Waals surface area contributed by atoms with Gasteiger partial charge in [0.25, 0.3) is 0 Å². The van der Waals surface area contributed by atoms with E-state index in [1.807, 2.05) is 25.2 Å². The van der Waals surface area contributed by atoms with E-state index in [-0.39, 0.29) is 12.1 Å². The van der Waals surface area contributed by atoms with E-state index in [4.69, 9.17) is 9.47 Å². The number of nitrogens with zero attached hydrogens (tertiary/aromatic N) is 1. The lowest BCUT2D eigenvalue weighted by Crippen LogP contribution is -2.40. The van der Waals surface area contributed by atoms with Crippen LogP contribution in [0.15, 0.2) is 36.5 Å². The molecule has 2 unspecified atom stereocenters. The summed E-state index contributed by atoms with van der Waals surface area (Å²) in [4.78, 5) is 25.3. The van der Waals surface area contributed by atoms with Crippen molar-refractivity contribution in [3.63, 3.8) is 0 Å². The summed E-state index contributed by atoms with van der Waals surface area (Å²) < 4.78 is 10.7. The average molecular weight is 379 g/mol. The Morgan fingerprint density at radius 3 is 2.78 bits per heavy atom. The van der Waals surface area contributed by atoms with Gasteiger partial charge in [-0.2, -0.15) is 0 Å². The maximum absolute atomic E-state index is 12.3. The van der Waals surface area contributed by atoms with E-state index >= 15 is 0 Å². The number of carbonyl (C=O) groups excluding carboxylic acids is 2. The third-order valence-electron chi connectivity index (χ3n) is 4.19. The first-order chi connectivity index (χ1) is 13.0. The zero-order valence-electron chi connectivity index (χ0n) is 16.9. The van der Waals surface area contributed by atoms with Gasteiger partial charge < -0.3 is 19.7 Å². The standard InChI is InChI=1S/C21H34N2O4/c1-5-7-18(8-6-2)13-19(9-11-23(16-24)14-17(3)4)22-21(25)27-20-10-12-26-15-20/h5-8,16-17,19-20H,1,9-15H2,2-4H3,(H,22,25)/b8-6-,18-7+. The van der Waals surface area contributed by atoms with E-state index in [2.05, 4.69) is 25.7 Å². The Balaban J connectivity index is 2.70. The molecule has 0 radical (unpaired) electrons. The summed E-state index contributed by atoms with van der Waals surface area (Å²) in [5.41, 5.74) is 1.06. The predicted octanol–water partition coefficient (Wildman–Crippen LogP) is 3.45. The molecular formula is C21H34N2O4. The molecule has 0 aromatic carbocycles. The van der Waals surface area contributed by atoms with Crippen LogP contribution < -0.4 is 5.32 Å². The molecule has 27 heavy (non-hydrogen) atoms. The number of allylic oxidation sites excluding steroid dienone is 4. The third-order valence-corrected chi connectivity index (χ3v) is 4.19. The second-order valence-corrected chi connectivity index (χ2v) is 7.20. The quantitative estimate of drug-likeness (QED) is 0.417. The third kappa shape index (κ3) is 9.99. The summed E-state index contributed by atoms with van der Waals surface area (Å²) >= 11 is 0. The maximum atomic E-state index is 12.3. The highest BCUT2D eigenvalue weighted by Gasteiger charge is 2.22. The smallest absolute Gasteiger partial charge is 0.407 e. The van der Waals surface area contributed by atoms with Gasteiger partial charge in [-0.1, -0.05) is 44.7 Å². The molecular weight excluding hydrogens is 344 g/mol. The molecule has 2 amide bonds. The first-order valence-electron chi connectivity index (χ1n) is 9.67. The average Bonchev–Trinajstić information content (AvgIpc) is 3.11. The van der Waals surface area contributed by atoms with Crippen LogP contribution in [0.3, 0.4) is 0 Å². The lowest BCUT2D eigenvalue weighted by atomic mass is 10.0. The fraction of sp³-hybridized carbons (Fsp3) is 0.619. The molecule has 6 nitrogen and oxygen atoms in total. The van der Waals surface area contributed by atoms with Gasteiger partial charge in [0.1, 0.15) is 6.10 Å². The van der Waals surface area contributed by atoms with Crippen LogP contribution in [0.5, 0.6) is 0 Å². The zero-order chi connectivity index (χ0) is 20.1. The summed E-state index contributed by atoms with van der Waals surface area (Å²) in [6.07, 6.45) is 9.88. The van der Waals surface area contributed by atoms with Gasteiger partial charge in [-0.15, -0.1) is 0 Å². The largest absolute Gasteiger partial charge is 0.444 e. The Labute approximate surface area is 163 Å². The van der Waals surface area contributed by atoms with Gasteiger partial charge in [-0.3, -0.25) is 4.79 Å². The van der Waals surface area contributed by atoms with Crippen LogP contribution in [0.4, 0.5) is 4.79 Å². The second-order valence-electron chi connectivity index (χ2n) is 7.20. The molecule has 0 spiro atoms. The Kier molecular flexibility index (Phi) is 11.2. The highest BCUT2D eigenvalue weighted by molar-refractivity contribution is 5.68. The Bertz CT molecular complexity index is 522. The number of rotatable bonds is 12. The van der Waals surface area contributed by atoms with Crippen molar-refractivity contribution in [1.29, 1.82) is 0 Å². The number of amides is 2. The number of nitrogens with one attached hydrogen (secondary N) is 1. The molecule has 6 heteroatoms. The fourth-order valence-electron chi connectivity index (χ4n) is 3.00. The second kappa shape index (κ2) is 13.1. The van der Waals surface area contributed by atoms with Crippen molar-refractivity contribution >= 4 is 12.5 Å². The van der Waals surface area contributed by atoms with E-state index < -0.39 is 6.09 Å². The highest BCUT2D eigenvalue weighted by atomic mass is 16.6. The van der Waals surface area contributed by atoms with Crippen molar-refractivity contribution in [1.82, 2.24) is 10.2 Å². The topological polar surface area (TPSA) is 67.9 Å². The SMILES string of the molecule is C=C/C=C(\C=C/C)CC(CCN(C=O)CC(C)C)NC(=O)OC1CCOC1. The Morgan fingerprint density at radius 1 is 1.44 bits per heavy atom. The summed E-state index contributed by atoms with van der Waals surface area (Å²) in [5.74, 6) is 0.396. The molecule has 0 aliphatic carbocycles. The van der Waals surface area contributed by atoms with Crippen molar-refractivity contribution in [2.45, 2.75) is 52.2 Å². The van der Waals surface area contributed by atoms with Crippen LogP contribution >= 0.6 is 0 Å². The van der Waals surface area contributed by atoms with Crippen LogP contribution in [0.2, 0.25) is 0 Å². The minimum absolute atomic E-state index is 0.142. The summed E-state index contributed by atoms with van der Waals surface area (Å²) in [6, 6.07) is -0.142. The highest BCUT2D eigenvalue weighted by Crippen LogP contribution is 2.14. The first-order valence-corrected chi connectivity index (χ1v) is 9.67. The maximum Gasteiger partial charge on any atom is 0.407 e. The van der Waals surface area contributed by atoms with Gasteiger partial charge in [-0.25, -0.2) is 4.79 Å². The molecule has 1 rings (SSSR count). The fourth-order valence-corrected chi connectivity index (χ4v) is 3.00. The summed E-state index contributed by atoms with van der Waals surface area (Å²) in [5, 5.41) is 2.96. The van der Waals surface area contributed by atoms with Crippen molar-refractivity contribution in [3.05, 3.63) is 36.5 Å². The van der Waals surface area contributed by atoms with Crippen LogP contribution in [-0.4, -0.2) is 55.9 Å². The number of hydrogen-bond acceptors (Lipinski definition) is 4. The number of alkyl carbamates (subject to hydrolysis) is 1. The van der Waals surface area contributed by atoms with E-state index in [9.17, 15) is 9.59 Å². The molecule has 2 atom stereocenters. The van der Waals surface area contributed by atoms with Gasteiger partial charge >= 0.3 is 6.09 Å². The molecule has 0 bridgehead atoms. The molecule has 1 fully saturated rings. The van der Waals surface area contributed by atoms with Gasteiger partial charge in [0.2, 0.25) is 6.41 Å². The lowest BCUT2D eigenvalue weighted by Gasteiger charge is -2.25. The normalized spacial score (nSPS) is 18.5. The van der Waals surface area contributed by atoms with Crippen LogP contribution in [0.1, 0.15) is 40.0 Å². The predicted molar refractivity (Wildman–Crippen MR) is 107 cm³/mol. The minimum Gasteiger partial charge on any atom is -0.444 e. The van der Waals surface area contributed by atoms with Crippen LogP contribution in [0.25, 0.3) is 0 Å². The molecule has 1 aliphatic rings. The molecule has 1 aliphatic heterocycles. The number of carbonyl (C=O) groups is 2. The molecule has 0 saturated carbocycles. The molecule has 0 aromatic rings. The Morgan fingerprint density at radius 2 is 2.22 bits per heavy atom. The van der Waals surface area contributed by atoms with Crippen molar-refractivity contribution < 1.29 is 19.1 Å². The molecule has 0 aromatic heterocycles.